The lowest BCUT2D eigenvalue weighted by Gasteiger charge is -2.27. The molecule has 2 N–H and O–H groups in total. The summed E-state index contributed by atoms with van der Waals surface area (Å²) >= 11 is 7.36. The van der Waals surface area contributed by atoms with Crippen LogP contribution in [0, 0.1) is 0 Å². The van der Waals surface area contributed by atoms with Crippen molar-refractivity contribution >= 4 is 41.3 Å². The zero-order valence-corrected chi connectivity index (χ0v) is 17.7. The van der Waals surface area contributed by atoms with Gasteiger partial charge in [-0.2, -0.15) is 0 Å². The maximum atomic E-state index is 12.7. The molecule has 0 aliphatic carbocycles. The zero-order valence-electron chi connectivity index (χ0n) is 16.1. The Balaban J connectivity index is 2.01. The van der Waals surface area contributed by atoms with Gasteiger partial charge in [0.05, 0.1) is 12.3 Å². The van der Waals surface area contributed by atoms with Gasteiger partial charge in [0.25, 0.3) is 0 Å². The van der Waals surface area contributed by atoms with Gasteiger partial charge in [0, 0.05) is 23.2 Å². The predicted octanol–water partition coefficient (Wildman–Crippen LogP) is 3.32. The summed E-state index contributed by atoms with van der Waals surface area (Å²) < 4.78 is 5.36. The van der Waals surface area contributed by atoms with E-state index >= 15 is 0 Å². The summed E-state index contributed by atoms with van der Waals surface area (Å²) in [7, 11) is 0. The van der Waals surface area contributed by atoms with Gasteiger partial charge >= 0.3 is 12.1 Å². The topological polar surface area (TPSA) is 95.9 Å². The number of amides is 2. The van der Waals surface area contributed by atoms with Crippen LogP contribution in [0.1, 0.15) is 38.7 Å². The summed E-state index contributed by atoms with van der Waals surface area (Å²) in [5, 5.41) is 12.5. The van der Waals surface area contributed by atoms with Gasteiger partial charge in [-0.05, 0) is 38.5 Å². The van der Waals surface area contributed by atoms with Gasteiger partial charge in [-0.1, -0.05) is 23.7 Å². The molecule has 2 rings (SSSR count). The first-order chi connectivity index (χ1) is 13.1. The minimum absolute atomic E-state index is 0.128. The molecule has 1 heterocycles. The number of hydrogen-bond donors (Lipinski definition) is 2. The van der Waals surface area contributed by atoms with Crippen LogP contribution < -0.4 is 5.32 Å². The van der Waals surface area contributed by atoms with Crippen molar-refractivity contribution < 1.29 is 24.2 Å². The third-order valence-electron chi connectivity index (χ3n) is 4.10. The molecule has 0 radical (unpaired) electrons. The number of nitrogens with one attached hydrogen (secondary N) is 1. The van der Waals surface area contributed by atoms with Crippen LogP contribution in [-0.4, -0.2) is 57.8 Å². The van der Waals surface area contributed by atoms with Gasteiger partial charge in [-0.25, -0.2) is 4.79 Å². The normalized spacial score (nSPS) is 17.9. The van der Waals surface area contributed by atoms with Crippen LogP contribution in [0.5, 0.6) is 0 Å². The molecule has 0 aromatic heterocycles. The second-order valence-corrected chi connectivity index (χ2v) is 8.99. The molecule has 9 heteroatoms. The number of carboxylic acids is 1. The first kappa shape index (κ1) is 22.4. The highest BCUT2D eigenvalue weighted by molar-refractivity contribution is 7.99. The molecule has 1 fully saturated rings. The Hall–Kier alpha value is -1.93. The van der Waals surface area contributed by atoms with Crippen molar-refractivity contribution in [3.8, 4) is 0 Å². The number of halogens is 1. The number of carbonyl (C=O) groups is 3. The molecule has 28 heavy (non-hydrogen) atoms. The van der Waals surface area contributed by atoms with E-state index in [0.29, 0.717) is 16.7 Å². The number of aliphatic carboxylic acids is 1. The van der Waals surface area contributed by atoms with E-state index in [1.165, 1.54) is 16.7 Å². The third-order valence-corrected chi connectivity index (χ3v) is 5.36. The van der Waals surface area contributed by atoms with Gasteiger partial charge in [0.2, 0.25) is 5.91 Å². The molecule has 0 bridgehead atoms. The Bertz CT molecular complexity index is 720. The summed E-state index contributed by atoms with van der Waals surface area (Å²) in [6.07, 6.45) is -0.658. The SMILES string of the molecule is CC(C)(C)OC(=O)N1CSC[C@H]1C(=O)NCC(CC(=O)O)c1ccc(Cl)cc1. The summed E-state index contributed by atoms with van der Waals surface area (Å²) in [6, 6.07) is 6.23. The largest absolute Gasteiger partial charge is 0.481 e. The lowest BCUT2D eigenvalue weighted by Crippen LogP contribution is -2.49. The second-order valence-electron chi connectivity index (χ2n) is 7.56. The van der Waals surface area contributed by atoms with Crippen LogP contribution in [0.25, 0.3) is 0 Å². The maximum absolute atomic E-state index is 12.7. The molecule has 1 aliphatic heterocycles. The van der Waals surface area contributed by atoms with Crippen LogP contribution in [0.3, 0.4) is 0 Å². The van der Waals surface area contributed by atoms with Crippen LogP contribution >= 0.6 is 23.4 Å². The molecular formula is C19H25ClN2O5S. The summed E-state index contributed by atoms with van der Waals surface area (Å²) in [4.78, 5) is 37.6. The highest BCUT2D eigenvalue weighted by atomic mass is 35.5. The highest BCUT2D eigenvalue weighted by Gasteiger charge is 2.37. The molecule has 154 valence electrons. The predicted molar refractivity (Wildman–Crippen MR) is 109 cm³/mol. The van der Waals surface area contributed by atoms with E-state index in [-0.39, 0.29) is 18.9 Å². The van der Waals surface area contributed by atoms with E-state index in [1.54, 1.807) is 45.0 Å². The Morgan fingerprint density at radius 3 is 2.54 bits per heavy atom. The fraction of sp³-hybridized carbons (Fsp3) is 0.526. The fourth-order valence-electron chi connectivity index (χ4n) is 2.76. The van der Waals surface area contributed by atoms with Crippen molar-refractivity contribution in [2.45, 2.75) is 44.8 Å². The Kier molecular flexibility index (Phi) is 7.60. The van der Waals surface area contributed by atoms with E-state index in [1.807, 2.05) is 0 Å². The number of nitrogens with zero attached hydrogens (tertiary/aromatic N) is 1. The van der Waals surface area contributed by atoms with E-state index < -0.39 is 29.6 Å². The third kappa shape index (κ3) is 6.60. The van der Waals surface area contributed by atoms with E-state index in [2.05, 4.69) is 5.32 Å². The van der Waals surface area contributed by atoms with Crippen molar-refractivity contribution in [2.75, 3.05) is 18.2 Å². The van der Waals surface area contributed by atoms with Crippen molar-refractivity contribution in [3.05, 3.63) is 34.9 Å². The number of thioether (sulfide) groups is 1. The average Bonchev–Trinajstić information content (AvgIpc) is 3.07. The maximum Gasteiger partial charge on any atom is 0.411 e. The van der Waals surface area contributed by atoms with E-state index in [0.717, 1.165) is 5.56 Å². The van der Waals surface area contributed by atoms with Gasteiger partial charge in [0.15, 0.2) is 0 Å². The van der Waals surface area contributed by atoms with E-state index in [4.69, 9.17) is 16.3 Å². The average molecular weight is 429 g/mol. The molecule has 7 nitrogen and oxygen atoms in total. The van der Waals surface area contributed by atoms with Gasteiger partial charge in [-0.3, -0.25) is 14.5 Å². The van der Waals surface area contributed by atoms with Crippen molar-refractivity contribution in [1.82, 2.24) is 10.2 Å². The van der Waals surface area contributed by atoms with Gasteiger partial charge < -0.3 is 15.2 Å². The van der Waals surface area contributed by atoms with Crippen molar-refractivity contribution in [2.24, 2.45) is 0 Å². The fourth-order valence-corrected chi connectivity index (χ4v) is 4.02. The monoisotopic (exact) mass is 428 g/mol. The Morgan fingerprint density at radius 2 is 1.96 bits per heavy atom. The van der Waals surface area contributed by atoms with E-state index in [9.17, 15) is 19.5 Å². The first-order valence-electron chi connectivity index (χ1n) is 8.89. The standard InChI is InChI=1S/C19H25ClN2O5S/c1-19(2,3)27-18(26)22-11-28-10-15(22)17(25)21-9-13(8-16(23)24)12-4-6-14(20)7-5-12/h4-7,13,15H,8-11H2,1-3H3,(H,21,25)(H,23,24)/t13?,15-/m0/s1. The first-order valence-corrected chi connectivity index (χ1v) is 10.4. The molecule has 2 amide bonds. The summed E-state index contributed by atoms with van der Waals surface area (Å²) in [5.74, 6) is -0.831. The summed E-state index contributed by atoms with van der Waals surface area (Å²) in [5.41, 5.74) is 0.129. The van der Waals surface area contributed by atoms with Gasteiger partial charge in [0.1, 0.15) is 11.6 Å². The minimum atomic E-state index is -0.957. The number of rotatable bonds is 6. The lowest BCUT2D eigenvalue weighted by molar-refractivity contribution is -0.137. The second kappa shape index (κ2) is 9.52. The molecule has 1 unspecified atom stereocenters. The molecule has 1 aliphatic rings. The van der Waals surface area contributed by atoms with Crippen LogP contribution in [-0.2, 0) is 14.3 Å². The van der Waals surface area contributed by atoms with Crippen LogP contribution in [0.2, 0.25) is 5.02 Å². The Labute approximate surface area is 173 Å². The molecule has 1 aromatic carbocycles. The number of hydrogen-bond acceptors (Lipinski definition) is 5. The smallest absolute Gasteiger partial charge is 0.411 e. The molecule has 1 saturated heterocycles. The van der Waals surface area contributed by atoms with Crippen molar-refractivity contribution in [1.29, 1.82) is 0 Å². The Morgan fingerprint density at radius 1 is 1.32 bits per heavy atom. The molecular weight excluding hydrogens is 404 g/mol. The molecule has 0 spiro atoms. The number of benzene rings is 1. The molecule has 1 aromatic rings. The zero-order chi connectivity index (χ0) is 20.9. The number of carboxylic acid groups (broad SMARTS) is 1. The van der Waals surface area contributed by atoms with Crippen LogP contribution in [0.15, 0.2) is 24.3 Å². The highest BCUT2D eigenvalue weighted by Crippen LogP contribution is 2.25. The molecule has 2 atom stereocenters. The lowest BCUT2D eigenvalue weighted by atomic mass is 9.95. The van der Waals surface area contributed by atoms with Gasteiger partial charge in [-0.15, -0.1) is 11.8 Å². The van der Waals surface area contributed by atoms with Crippen molar-refractivity contribution in [3.63, 3.8) is 0 Å². The number of carbonyl (C=O) groups excluding carboxylic acids is 2. The molecule has 0 saturated carbocycles. The summed E-state index contributed by atoms with van der Waals surface area (Å²) in [6.45, 7) is 5.46. The quantitative estimate of drug-likeness (QED) is 0.721. The van der Waals surface area contributed by atoms with Crippen LogP contribution in [0.4, 0.5) is 4.79 Å². The minimum Gasteiger partial charge on any atom is -0.481 e. The number of ether oxygens (including phenoxy) is 1.